The summed E-state index contributed by atoms with van der Waals surface area (Å²) in [4.78, 5) is 45.6. The van der Waals surface area contributed by atoms with Crippen LogP contribution in [0.3, 0.4) is 0 Å². The highest BCUT2D eigenvalue weighted by atomic mass is 16.5. The number of hydrogen-bond acceptors (Lipinski definition) is 6. The van der Waals surface area contributed by atoms with E-state index in [9.17, 15) is 14.4 Å². The van der Waals surface area contributed by atoms with Crippen LogP contribution in [0.25, 0.3) is 11.0 Å². The van der Waals surface area contributed by atoms with Gasteiger partial charge in [-0.3, -0.25) is 19.3 Å². The summed E-state index contributed by atoms with van der Waals surface area (Å²) >= 11 is 0. The quantitative estimate of drug-likeness (QED) is 0.611. The number of fused-ring (bicyclic) bond motifs is 3. The highest BCUT2D eigenvalue weighted by molar-refractivity contribution is 5.95. The molecule has 1 N–H and O–H groups in total. The van der Waals surface area contributed by atoms with E-state index in [0.29, 0.717) is 23.6 Å². The minimum atomic E-state index is -0.637. The molecule has 1 amide bonds. The molecule has 2 bridgehead atoms. The van der Waals surface area contributed by atoms with Crippen molar-refractivity contribution in [2.24, 2.45) is 0 Å². The smallest absolute Gasteiger partial charge is 0.325 e. The molecular weight excluding hydrogens is 456 g/mol. The Morgan fingerprint density at radius 3 is 2.31 bits per heavy atom. The lowest BCUT2D eigenvalue weighted by Crippen LogP contribution is -2.50. The highest BCUT2D eigenvalue weighted by Crippen LogP contribution is 2.44. The molecule has 1 aromatic carbocycles. The van der Waals surface area contributed by atoms with Crippen molar-refractivity contribution in [1.29, 1.82) is 0 Å². The van der Waals surface area contributed by atoms with E-state index in [0.717, 1.165) is 18.4 Å². The third-order valence-corrected chi connectivity index (χ3v) is 8.33. The van der Waals surface area contributed by atoms with E-state index >= 15 is 0 Å². The van der Waals surface area contributed by atoms with Crippen molar-refractivity contribution in [3.05, 3.63) is 40.3 Å². The van der Waals surface area contributed by atoms with Gasteiger partial charge in [-0.1, -0.05) is 44.2 Å². The van der Waals surface area contributed by atoms with Crippen LogP contribution in [0.1, 0.15) is 94.1 Å². The fourth-order valence-corrected chi connectivity index (χ4v) is 6.84. The van der Waals surface area contributed by atoms with Gasteiger partial charge in [-0.25, -0.2) is 4.98 Å². The number of carbonyl (C=O) groups is 2. The first kappa shape index (κ1) is 24.9. The molecule has 8 nitrogen and oxygen atoms in total. The highest BCUT2D eigenvalue weighted by Gasteiger charge is 2.44. The number of amides is 1. The van der Waals surface area contributed by atoms with Gasteiger partial charge in [0.1, 0.15) is 6.54 Å². The first-order valence-electron chi connectivity index (χ1n) is 13.8. The number of ether oxygens (including phenoxy) is 1. The van der Waals surface area contributed by atoms with Crippen LogP contribution in [-0.2, 0) is 9.53 Å². The number of benzene rings is 1. The van der Waals surface area contributed by atoms with E-state index in [-0.39, 0.29) is 30.4 Å². The van der Waals surface area contributed by atoms with Crippen molar-refractivity contribution in [1.82, 2.24) is 19.8 Å². The number of esters is 1. The number of nitrogens with one attached hydrogen (secondary N) is 1. The normalized spacial score (nSPS) is 25.3. The van der Waals surface area contributed by atoms with Crippen LogP contribution >= 0.6 is 0 Å². The molecule has 2 atom stereocenters. The predicted molar refractivity (Wildman–Crippen MR) is 138 cm³/mol. The van der Waals surface area contributed by atoms with E-state index in [1.807, 2.05) is 28.8 Å². The van der Waals surface area contributed by atoms with Crippen LogP contribution in [0, 0.1) is 0 Å². The molecule has 36 heavy (non-hydrogen) atoms. The second-order valence-corrected chi connectivity index (χ2v) is 10.6. The average molecular weight is 495 g/mol. The molecule has 194 valence electrons. The van der Waals surface area contributed by atoms with Crippen LogP contribution in [0.2, 0.25) is 0 Å². The van der Waals surface area contributed by atoms with E-state index < -0.39 is 11.9 Å². The topological polar surface area (TPSA) is 93.5 Å². The Kier molecular flexibility index (Phi) is 7.70. The van der Waals surface area contributed by atoms with Gasteiger partial charge in [0.2, 0.25) is 0 Å². The van der Waals surface area contributed by atoms with Gasteiger partial charge in [-0.15, -0.1) is 0 Å². The van der Waals surface area contributed by atoms with Gasteiger partial charge >= 0.3 is 5.97 Å². The van der Waals surface area contributed by atoms with Gasteiger partial charge in [-0.2, -0.15) is 0 Å². The van der Waals surface area contributed by atoms with Crippen LogP contribution in [0.5, 0.6) is 0 Å². The molecule has 0 radical (unpaired) electrons. The lowest BCUT2D eigenvalue weighted by atomic mass is 9.89. The van der Waals surface area contributed by atoms with Crippen molar-refractivity contribution < 1.29 is 14.3 Å². The molecule has 3 aliphatic rings. The third kappa shape index (κ3) is 5.05. The summed E-state index contributed by atoms with van der Waals surface area (Å²) < 4.78 is 6.71. The Bertz CT molecular complexity index is 1140. The summed E-state index contributed by atoms with van der Waals surface area (Å²) in [5, 5.41) is 2.51. The molecule has 5 rings (SSSR count). The molecule has 3 heterocycles. The van der Waals surface area contributed by atoms with Gasteiger partial charge in [-0.05, 0) is 57.6 Å². The molecule has 1 aliphatic carbocycles. The van der Waals surface area contributed by atoms with E-state index in [1.54, 1.807) is 6.92 Å². The van der Waals surface area contributed by atoms with E-state index in [4.69, 9.17) is 4.74 Å². The minimum absolute atomic E-state index is 0.0318. The minimum Gasteiger partial charge on any atom is -0.465 e. The molecule has 1 aromatic heterocycles. The third-order valence-electron chi connectivity index (χ3n) is 8.33. The maximum absolute atomic E-state index is 13.7. The summed E-state index contributed by atoms with van der Waals surface area (Å²) in [6.07, 6.45) is 13.5. The van der Waals surface area contributed by atoms with E-state index in [2.05, 4.69) is 15.2 Å². The number of nitrogens with zero attached hydrogens (tertiary/aromatic N) is 3. The SMILES string of the molecule is CCOC(=O)CNC(=O)c1nc2ccccc2n(C2CC3CCC(C2)N3C2CCCCCCC2)c1=O. The van der Waals surface area contributed by atoms with Crippen molar-refractivity contribution in [2.45, 2.75) is 102 Å². The second kappa shape index (κ2) is 11.1. The van der Waals surface area contributed by atoms with Crippen LogP contribution in [0.4, 0.5) is 0 Å². The van der Waals surface area contributed by atoms with Crippen LogP contribution in [-0.4, -0.2) is 57.6 Å². The fraction of sp³-hybridized carbons (Fsp3) is 0.643. The zero-order valence-electron chi connectivity index (χ0n) is 21.3. The largest absolute Gasteiger partial charge is 0.465 e. The Labute approximate surface area is 212 Å². The fourth-order valence-electron chi connectivity index (χ4n) is 6.84. The van der Waals surface area contributed by atoms with E-state index in [1.165, 1.54) is 57.8 Å². The first-order chi connectivity index (χ1) is 17.6. The van der Waals surface area contributed by atoms with Gasteiger partial charge in [0.25, 0.3) is 11.5 Å². The number of piperidine rings is 1. The average Bonchev–Trinajstić information content (AvgIpc) is 3.11. The summed E-state index contributed by atoms with van der Waals surface area (Å²) in [7, 11) is 0. The van der Waals surface area contributed by atoms with Crippen molar-refractivity contribution in [2.75, 3.05) is 13.2 Å². The number of rotatable bonds is 6. The Morgan fingerprint density at radius 1 is 0.944 bits per heavy atom. The zero-order chi connectivity index (χ0) is 25.1. The molecule has 2 aromatic rings. The number of para-hydroxylation sites is 2. The molecular formula is C28H38N4O4. The standard InChI is InChI=1S/C28H38N4O4/c1-2-36-25(33)18-29-27(34)26-28(35)32(24-13-9-8-12-23(24)30-26)22-16-20-14-15-21(17-22)31(20)19-10-6-4-3-5-7-11-19/h8-9,12-13,19-22H,2-7,10-11,14-18H2,1H3,(H,29,34). The van der Waals surface area contributed by atoms with Gasteiger partial charge in [0.15, 0.2) is 5.69 Å². The lowest BCUT2D eigenvalue weighted by molar-refractivity contribution is -0.141. The van der Waals surface area contributed by atoms with Crippen molar-refractivity contribution in [3.63, 3.8) is 0 Å². The van der Waals surface area contributed by atoms with Gasteiger partial charge < -0.3 is 14.6 Å². The summed E-state index contributed by atoms with van der Waals surface area (Å²) in [6, 6.07) is 9.21. The Hall–Kier alpha value is -2.74. The summed E-state index contributed by atoms with van der Waals surface area (Å²) in [5.41, 5.74) is 0.855. The zero-order valence-corrected chi connectivity index (χ0v) is 21.3. The van der Waals surface area contributed by atoms with Gasteiger partial charge in [0.05, 0.1) is 17.6 Å². The van der Waals surface area contributed by atoms with Crippen LogP contribution in [0.15, 0.2) is 29.1 Å². The molecule has 8 heteroatoms. The molecule has 2 unspecified atom stereocenters. The van der Waals surface area contributed by atoms with Gasteiger partial charge in [0, 0.05) is 24.2 Å². The number of hydrogen-bond donors (Lipinski definition) is 1. The Morgan fingerprint density at radius 2 is 1.61 bits per heavy atom. The molecule has 1 saturated carbocycles. The predicted octanol–water partition coefficient (Wildman–Crippen LogP) is 3.97. The van der Waals surface area contributed by atoms with Crippen molar-refractivity contribution >= 4 is 22.9 Å². The van der Waals surface area contributed by atoms with Crippen LogP contribution < -0.4 is 10.9 Å². The monoisotopic (exact) mass is 494 g/mol. The second-order valence-electron chi connectivity index (χ2n) is 10.6. The van der Waals surface area contributed by atoms with Crippen molar-refractivity contribution in [3.8, 4) is 0 Å². The lowest BCUT2D eigenvalue weighted by Gasteiger charge is -2.45. The molecule has 2 saturated heterocycles. The number of aromatic nitrogens is 2. The maximum Gasteiger partial charge on any atom is 0.325 e. The summed E-state index contributed by atoms with van der Waals surface area (Å²) in [6.45, 7) is 1.65. The first-order valence-corrected chi connectivity index (χ1v) is 13.8. The molecule has 2 aliphatic heterocycles. The molecule has 3 fully saturated rings. The Balaban J connectivity index is 1.42. The summed E-state index contributed by atoms with van der Waals surface area (Å²) in [5.74, 6) is -1.17. The maximum atomic E-state index is 13.7. The molecule has 0 spiro atoms. The number of carbonyl (C=O) groups excluding carboxylic acids is 2.